The molecule has 2 rings (SSSR count). The van der Waals surface area contributed by atoms with E-state index in [0.29, 0.717) is 29.7 Å². The van der Waals surface area contributed by atoms with Gasteiger partial charge in [-0.2, -0.15) is 0 Å². The van der Waals surface area contributed by atoms with E-state index in [9.17, 15) is 4.79 Å². The number of nitrogens with one attached hydrogen (secondary N) is 1. The second-order valence-electron chi connectivity index (χ2n) is 4.30. The van der Waals surface area contributed by atoms with E-state index in [-0.39, 0.29) is 5.91 Å². The van der Waals surface area contributed by atoms with Crippen molar-refractivity contribution in [3.63, 3.8) is 0 Å². The molecule has 1 aliphatic rings. The number of hydrogen-bond donors (Lipinski definition) is 1. The van der Waals surface area contributed by atoms with Crippen molar-refractivity contribution in [1.29, 1.82) is 0 Å². The molecule has 0 aromatic heterocycles. The normalized spacial score (nSPS) is 14.7. The van der Waals surface area contributed by atoms with Gasteiger partial charge in [-0.25, -0.2) is 0 Å². The first kappa shape index (κ1) is 13.9. The van der Waals surface area contributed by atoms with Crippen molar-refractivity contribution in [3.05, 3.63) is 34.9 Å². The van der Waals surface area contributed by atoms with Gasteiger partial charge in [-0.1, -0.05) is 17.7 Å². The molecular formula is C14H16ClNO3. The first-order valence-electron chi connectivity index (χ1n) is 6.11. The van der Waals surface area contributed by atoms with E-state index < -0.39 is 0 Å². The van der Waals surface area contributed by atoms with Gasteiger partial charge in [0.1, 0.15) is 12.4 Å². The number of rotatable bonds is 4. The molecule has 0 bridgehead atoms. The Morgan fingerprint density at radius 1 is 1.53 bits per heavy atom. The number of amides is 1. The van der Waals surface area contributed by atoms with Crippen LogP contribution in [0.25, 0.3) is 0 Å². The Labute approximate surface area is 117 Å². The monoisotopic (exact) mass is 281 g/mol. The predicted molar refractivity (Wildman–Crippen MR) is 74.8 cm³/mol. The van der Waals surface area contributed by atoms with Crippen LogP contribution >= 0.6 is 11.6 Å². The zero-order valence-corrected chi connectivity index (χ0v) is 11.5. The number of benzene rings is 1. The van der Waals surface area contributed by atoms with Gasteiger partial charge in [0.15, 0.2) is 0 Å². The summed E-state index contributed by atoms with van der Waals surface area (Å²) in [4.78, 5) is 11.0. The first-order valence-corrected chi connectivity index (χ1v) is 6.48. The highest BCUT2D eigenvalue weighted by molar-refractivity contribution is 6.33. The van der Waals surface area contributed by atoms with Crippen molar-refractivity contribution >= 4 is 23.2 Å². The second kappa shape index (κ2) is 6.59. The number of hydrogen-bond acceptors (Lipinski definition) is 3. The van der Waals surface area contributed by atoms with Crippen molar-refractivity contribution in [2.75, 3.05) is 25.1 Å². The van der Waals surface area contributed by atoms with Gasteiger partial charge < -0.3 is 14.8 Å². The molecule has 1 aromatic rings. The molecule has 0 fully saturated rings. The van der Waals surface area contributed by atoms with Crippen LogP contribution in [0.3, 0.4) is 0 Å². The molecule has 1 amide bonds. The quantitative estimate of drug-likeness (QED) is 0.863. The number of carbonyl (C=O) groups is 1. The number of carbonyl (C=O) groups excluding carboxylic acids is 1. The van der Waals surface area contributed by atoms with Gasteiger partial charge in [-0.05, 0) is 24.1 Å². The van der Waals surface area contributed by atoms with Gasteiger partial charge in [-0.15, -0.1) is 0 Å². The minimum absolute atomic E-state index is 0.150. The van der Waals surface area contributed by atoms with E-state index >= 15 is 0 Å². The molecule has 0 unspecified atom stereocenters. The van der Waals surface area contributed by atoms with Gasteiger partial charge in [0, 0.05) is 13.0 Å². The molecule has 0 atom stereocenters. The van der Waals surface area contributed by atoms with Crippen LogP contribution in [0.15, 0.2) is 29.8 Å². The molecule has 1 aliphatic heterocycles. The van der Waals surface area contributed by atoms with Crippen LogP contribution in [0.4, 0.5) is 5.69 Å². The molecule has 4 nitrogen and oxygen atoms in total. The summed E-state index contributed by atoms with van der Waals surface area (Å²) in [6, 6.07) is 5.22. The molecule has 102 valence electrons. The fourth-order valence-electron chi connectivity index (χ4n) is 1.75. The van der Waals surface area contributed by atoms with Crippen molar-refractivity contribution in [2.24, 2.45) is 0 Å². The lowest BCUT2D eigenvalue weighted by atomic mass is 10.2. The van der Waals surface area contributed by atoms with Crippen LogP contribution < -0.4 is 10.1 Å². The lowest BCUT2D eigenvalue weighted by molar-refractivity contribution is -0.114. The van der Waals surface area contributed by atoms with Crippen LogP contribution in [-0.2, 0) is 9.53 Å². The maximum absolute atomic E-state index is 11.0. The van der Waals surface area contributed by atoms with Crippen LogP contribution in [0.2, 0.25) is 5.02 Å². The average Bonchev–Trinajstić information content (AvgIpc) is 2.40. The summed E-state index contributed by atoms with van der Waals surface area (Å²) in [5.41, 5.74) is 1.82. The maximum Gasteiger partial charge on any atom is 0.221 e. The van der Waals surface area contributed by atoms with Crippen LogP contribution in [0.1, 0.15) is 13.3 Å². The third-order valence-electron chi connectivity index (χ3n) is 2.73. The van der Waals surface area contributed by atoms with Crippen LogP contribution in [0.5, 0.6) is 5.75 Å². The van der Waals surface area contributed by atoms with Gasteiger partial charge in [0.05, 0.1) is 23.9 Å². The maximum atomic E-state index is 11.0. The fourth-order valence-corrected chi connectivity index (χ4v) is 1.97. The largest absolute Gasteiger partial charge is 0.489 e. The highest BCUT2D eigenvalue weighted by atomic mass is 35.5. The van der Waals surface area contributed by atoms with E-state index in [1.54, 1.807) is 18.2 Å². The van der Waals surface area contributed by atoms with E-state index in [2.05, 4.69) is 5.32 Å². The van der Waals surface area contributed by atoms with Gasteiger partial charge in [0.2, 0.25) is 5.91 Å². The minimum atomic E-state index is -0.150. The Morgan fingerprint density at radius 2 is 2.37 bits per heavy atom. The summed E-state index contributed by atoms with van der Waals surface area (Å²) in [7, 11) is 0. The molecule has 0 spiro atoms. The van der Waals surface area contributed by atoms with Crippen LogP contribution in [-0.4, -0.2) is 25.7 Å². The van der Waals surface area contributed by atoms with Crippen molar-refractivity contribution in [3.8, 4) is 5.75 Å². The highest BCUT2D eigenvalue weighted by Gasteiger charge is 2.07. The Morgan fingerprint density at radius 3 is 3.00 bits per heavy atom. The number of anilines is 1. The zero-order valence-electron chi connectivity index (χ0n) is 10.7. The summed E-state index contributed by atoms with van der Waals surface area (Å²) in [6.45, 7) is 3.38. The highest BCUT2D eigenvalue weighted by Crippen LogP contribution is 2.27. The zero-order chi connectivity index (χ0) is 13.7. The van der Waals surface area contributed by atoms with Crippen LogP contribution in [0, 0.1) is 0 Å². The van der Waals surface area contributed by atoms with Gasteiger partial charge >= 0.3 is 0 Å². The van der Waals surface area contributed by atoms with Gasteiger partial charge in [-0.3, -0.25) is 4.79 Å². The summed E-state index contributed by atoms with van der Waals surface area (Å²) in [5, 5.41) is 3.12. The minimum Gasteiger partial charge on any atom is -0.489 e. The van der Waals surface area contributed by atoms with Gasteiger partial charge in [0.25, 0.3) is 0 Å². The third-order valence-corrected chi connectivity index (χ3v) is 3.05. The van der Waals surface area contributed by atoms with Crippen molar-refractivity contribution in [1.82, 2.24) is 0 Å². The average molecular weight is 282 g/mol. The molecule has 1 N–H and O–H groups in total. The summed E-state index contributed by atoms with van der Waals surface area (Å²) in [5.74, 6) is 0.537. The molecule has 0 aliphatic carbocycles. The Kier molecular flexibility index (Phi) is 4.82. The summed E-state index contributed by atoms with van der Waals surface area (Å²) >= 11 is 6.07. The fraction of sp³-hybridized carbons (Fsp3) is 0.357. The molecule has 19 heavy (non-hydrogen) atoms. The van der Waals surface area contributed by atoms with Crippen molar-refractivity contribution < 1.29 is 14.3 Å². The number of halogens is 1. The lowest BCUT2D eigenvalue weighted by Gasteiger charge is -2.15. The van der Waals surface area contributed by atoms with E-state index in [4.69, 9.17) is 21.1 Å². The smallest absolute Gasteiger partial charge is 0.221 e. The third kappa shape index (κ3) is 4.26. The molecule has 1 heterocycles. The second-order valence-corrected chi connectivity index (χ2v) is 4.71. The molecule has 5 heteroatoms. The number of ether oxygens (including phenoxy) is 2. The molecule has 0 saturated heterocycles. The predicted octanol–water partition coefficient (Wildman–Crippen LogP) is 3.02. The van der Waals surface area contributed by atoms with Crippen molar-refractivity contribution in [2.45, 2.75) is 13.3 Å². The lowest BCUT2D eigenvalue weighted by Crippen LogP contribution is -2.10. The first-order chi connectivity index (χ1) is 9.15. The molecule has 0 radical (unpaired) electrons. The summed E-state index contributed by atoms with van der Waals surface area (Å²) < 4.78 is 10.9. The van der Waals surface area contributed by atoms with E-state index in [1.165, 1.54) is 12.5 Å². The Balaban J connectivity index is 1.95. The Hall–Kier alpha value is -1.52. The van der Waals surface area contributed by atoms with E-state index in [1.807, 2.05) is 6.08 Å². The molecule has 0 saturated carbocycles. The summed E-state index contributed by atoms with van der Waals surface area (Å²) in [6.07, 6.45) is 2.94. The standard InChI is InChI=1S/C14H16ClNO3/c1-10(17)16-14-3-2-12(8-13(14)15)19-9-11-4-6-18-7-5-11/h2-4,8H,5-7,9H2,1H3,(H,16,17). The van der Waals surface area contributed by atoms with E-state index in [0.717, 1.165) is 13.0 Å². The molecular weight excluding hydrogens is 266 g/mol. The Bertz CT molecular complexity index is 499. The molecule has 1 aromatic carbocycles. The SMILES string of the molecule is CC(=O)Nc1ccc(OCC2=CCOCC2)cc1Cl. The topological polar surface area (TPSA) is 47.6 Å².